The van der Waals surface area contributed by atoms with E-state index >= 15 is 0 Å². The third-order valence-corrected chi connectivity index (χ3v) is 3.25. The van der Waals surface area contributed by atoms with Crippen LogP contribution < -0.4 is 10.1 Å². The molecule has 2 aromatic rings. The van der Waals surface area contributed by atoms with Crippen molar-refractivity contribution in [2.75, 3.05) is 19.5 Å². The number of methoxy groups -OCH3 is 2. The molecule has 0 spiro atoms. The Labute approximate surface area is 134 Å². The summed E-state index contributed by atoms with van der Waals surface area (Å²) >= 11 is 0. The van der Waals surface area contributed by atoms with Crippen molar-refractivity contribution < 1.29 is 19.1 Å². The second-order valence-electron chi connectivity index (χ2n) is 4.73. The number of hydrogen-bond donors (Lipinski definition) is 1. The highest BCUT2D eigenvalue weighted by Crippen LogP contribution is 2.18. The molecule has 1 N–H and O–H groups in total. The van der Waals surface area contributed by atoms with Crippen molar-refractivity contribution in [3.8, 4) is 5.75 Å². The average Bonchev–Trinajstić information content (AvgIpc) is 2.61. The van der Waals surface area contributed by atoms with Crippen molar-refractivity contribution in [2.24, 2.45) is 0 Å². The number of anilines is 1. The molecule has 0 radical (unpaired) electrons. The first-order valence-electron chi connectivity index (χ1n) is 6.88. The fraction of sp³-hybridized carbons (Fsp3) is 0.111. The Kier molecular flexibility index (Phi) is 5.15. The van der Waals surface area contributed by atoms with Gasteiger partial charge in [-0.15, -0.1) is 0 Å². The molecular formula is C18H17NO4. The largest absolute Gasteiger partial charge is 0.497 e. The quantitative estimate of drug-likeness (QED) is 0.680. The number of amides is 1. The number of benzene rings is 2. The molecular weight excluding hydrogens is 294 g/mol. The predicted octanol–water partition coefficient (Wildman–Crippen LogP) is 3.13. The SMILES string of the molecule is C=C(C(=O)OC)c1cccc(C(=O)Nc2ccc(OC)cc2)c1. The van der Waals surface area contributed by atoms with Crippen molar-refractivity contribution in [1.82, 2.24) is 0 Å². The molecule has 2 aromatic carbocycles. The second kappa shape index (κ2) is 7.26. The van der Waals surface area contributed by atoms with Gasteiger partial charge in [0.2, 0.25) is 0 Å². The van der Waals surface area contributed by atoms with Gasteiger partial charge < -0.3 is 14.8 Å². The lowest BCUT2D eigenvalue weighted by molar-refractivity contribution is -0.133. The topological polar surface area (TPSA) is 64.6 Å². The van der Waals surface area contributed by atoms with Crippen LogP contribution in [0.2, 0.25) is 0 Å². The van der Waals surface area contributed by atoms with E-state index in [2.05, 4.69) is 16.6 Å². The standard InChI is InChI=1S/C18H17NO4/c1-12(18(21)23-3)13-5-4-6-14(11-13)17(20)19-15-7-9-16(22-2)10-8-15/h4-11H,1H2,2-3H3,(H,19,20). The normalized spacial score (nSPS) is 9.83. The highest BCUT2D eigenvalue weighted by atomic mass is 16.5. The van der Waals surface area contributed by atoms with Gasteiger partial charge in [0, 0.05) is 11.3 Å². The Bertz CT molecular complexity index is 735. The van der Waals surface area contributed by atoms with Crippen molar-refractivity contribution in [1.29, 1.82) is 0 Å². The van der Waals surface area contributed by atoms with Crippen molar-refractivity contribution >= 4 is 23.1 Å². The van der Waals surface area contributed by atoms with E-state index in [1.807, 2.05) is 0 Å². The van der Waals surface area contributed by atoms with Gasteiger partial charge in [0.15, 0.2) is 0 Å². The maximum Gasteiger partial charge on any atom is 0.337 e. The zero-order valence-electron chi connectivity index (χ0n) is 13.0. The molecule has 0 aliphatic heterocycles. The zero-order chi connectivity index (χ0) is 16.8. The molecule has 0 aromatic heterocycles. The summed E-state index contributed by atoms with van der Waals surface area (Å²) in [6, 6.07) is 13.6. The Morgan fingerprint density at radius 1 is 1.00 bits per heavy atom. The maximum atomic E-state index is 12.3. The van der Waals surface area contributed by atoms with E-state index in [0.717, 1.165) is 0 Å². The highest BCUT2D eigenvalue weighted by Gasteiger charge is 2.12. The van der Waals surface area contributed by atoms with E-state index in [9.17, 15) is 9.59 Å². The van der Waals surface area contributed by atoms with Gasteiger partial charge in [-0.2, -0.15) is 0 Å². The number of nitrogens with one attached hydrogen (secondary N) is 1. The number of esters is 1. The molecule has 0 aliphatic carbocycles. The van der Waals surface area contributed by atoms with Crippen LogP contribution in [0.25, 0.3) is 5.57 Å². The Balaban J connectivity index is 2.16. The molecule has 0 saturated carbocycles. The Hall–Kier alpha value is -3.08. The number of carbonyl (C=O) groups excluding carboxylic acids is 2. The maximum absolute atomic E-state index is 12.3. The number of rotatable bonds is 5. The molecule has 23 heavy (non-hydrogen) atoms. The van der Waals surface area contributed by atoms with Gasteiger partial charge in [0.1, 0.15) is 5.75 Å². The van der Waals surface area contributed by atoms with E-state index in [0.29, 0.717) is 22.6 Å². The highest BCUT2D eigenvalue weighted by molar-refractivity contribution is 6.16. The molecule has 0 heterocycles. The van der Waals surface area contributed by atoms with Gasteiger partial charge in [-0.25, -0.2) is 4.79 Å². The average molecular weight is 311 g/mol. The van der Waals surface area contributed by atoms with Crippen molar-refractivity contribution in [2.45, 2.75) is 0 Å². The lowest BCUT2D eigenvalue weighted by Crippen LogP contribution is -2.12. The van der Waals surface area contributed by atoms with Crippen molar-refractivity contribution in [3.63, 3.8) is 0 Å². The number of ether oxygens (including phenoxy) is 2. The third-order valence-electron chi connectivity index (χ3n) is 3.25. The molecule has 118 valence electrons. The van der Waals surface area contributed by atoms with E-state index in [1.165, 1.54) is 7.11 Å². The minimum atomic E-state index is -0.530. The Morgan fingerprint density at radius 2 is 1.65 bits per heavy atom. The van der Waals surface area contributed by atoms with Gasteiger partial charge in [0.25, 0.3) is 5.91 Å². The molecule has 0 saturated heterocycles. The summed E-state index contributed by atoms with van der Waals surface area (Å²) in [7, 11) is 2.86. The monoisotopic (exact) mass is 311 g/mol. The predicted molar refractivity (Wildman–Crippen MR) is 88.4 cm³/mol. The molecule has 0 unspecified atom stereocenters. The zero-order valence-corrected chi connectivity index (χ0v) is 13.0. The van der Waals surface area contributed by atoms with Crippen LogP contribution in [0.4, 0.5) is 5.69 Å². The summed E-state index contributed by atoms with van der Waals surface area (Å²) in [4.78, 5) is 23.8. The van der Waals surface area contributed by atoms with E-state index in [4.69, 9.17) is 4.74 Å². The third kappa shape index (κ3) is 3.97. The summed E-state index contributed by atoms with van der Waals surface area (Å²) in [5, 5.41) is 2.78. The van der Waals surface area contributed by atoms with Crippen molar-refractivity contribution in [3.05, 3.63) is 66.2 Å². The lowest BCUT2D eigenvalue weighted by atomic mass is 10.0. The molecule has 5 nitrogen and oxygen atoms in total. The fourth-order valence-electron chi connectivity index (χ4n) is 1.97. The van der Waals surface area contributed by atoms with Gasteiger partial charge >= 0.3 is 5.97 Å². The Morgan fingerprint density at radius 3 is 2.26 bits per heavy atom. The minimum Gasteiger partial charge on any atom is -0.497 e. The van der Waals surface area contributed by atoms with Crippen LogP contribution in [0, 0.1) is 0 Å². The van der Waals surface area contributed by atoms with E-state index < -0.39 is 5.97 Å². The lowest BCUT2D eigenvalue weighted by Gasteiger charge is -2.08. The first kappa shape index (κ1) is 16.3. The first-order valence-corrected chi connectivity index (χ1v) is 6.88. The fourth-order valence-corrected chi connectivity index (χ4v) is 1.97. The van der Waals surface area contributed by atoms with Crippen LogP contribution in [-0.4, -0.2) is 26.1 Å². The minimum absolute atomic E-state index is 0.201. The van der Waals surface area contributed by atoms with Crippen LogP contribution in [0.15, 0.2) is 55.1 Å². The first-order chi connectivity index (χ1) is 11.0. The summed E-state index contributed by atoms with van der Waals surface area (Å²) in [5.41, 5.74) is 1.81. The summed E-state index contributed by atoms with van der Waals surface area (Å²) in [6.45, 7) is 3.68. The smallest absolute Gasteiger partial charge is 0.337 e. The number of hydrogen-bond acceptors (Lipinski definition) is 4. The van der Waals surface area contributed by atoms with E-state index in [-0.39, 0.29) is 11.5 Å². The molecule has 5 heteroatoms. The molecule has 0 fully saturated rings. The van der Waals surface area contributed by atoms with Crippen LogP contribution in [-0.2, 0) is 9.53 Å². The summed E-state index contributed by atoms with van der Waals surface area (Å²) in [5.74, 6) is -0.105. The van der Waals surface area contributed by atoms with Gasteiger partial charge in [-0.05, 0) is 42.0 Å². The van der Waals surface area contributed by atoms with Crippen LogP contribution in [0.1, 0.15) is 15.9 Å². The van der Waals surface area contributed by atoms with Crippen LogP contribution in [0.5, 0.6) is 5.75 Å². The summed E-state index contributed by atoms with van der Waals surface area (Å²) < 4.78 is 9.70. The summed E-state index contributed by atoms with van der Waals surface area (Å²) in [6.07, 6.45) is 0. The van der Waals surface area contributed by atoms with Gasteiger partial charge in [-0.3, -0.25) is 4.79 Å². The van der Waals surface area contributed by atoms with E-state index in [1.54, 1.807) is 55.6 Å². The molecule has 2 rings (SSSR count). The molecule has 0 bridgehead atoms. The second-order valence-corrected chi connectivity index (χ2v) is 4.73. The van der Waals surface area contributed by atoms with Gasteiger partial charge in [-0.1, -0.05) is 18.7 Å². The van der Waals surface area contributed by atoms with Gasteiger partial charge in [0.05, 0.1) is 19.8 Å². The molecule has 0 aliphatic rings. The molecule has 1 amide bonds. The van der Waals surface area contributed by atoms with Crippen LogP contribution >= 0.6 is 0 Å². The molecule has 0 atom stereocenters. The number of carbonyl (C=O) groups is 2. The van der Waals surface area contributed by atoms with Crippen LogP contribution in [0.3, 0.4) is 0 Å².